The summed E-state index contributed by atoms with van der Waals surface area (Å²) in [5.41, 5.74) is 3.05. The van der Waals surface area contributed by atoms with E-state index in [-0.39, 0.29) is 11.9 Å². The molecule has 1 aliphatic heterocycles. The Morgan fingerprint density at radius 3 is 2.48 bits per heavy atom. The molecule has 6 nitrogen and oxygen atoms in total. The zero-order valence-electron chi connectivity index (χ0n) is 17.2. The zero-order valence-corrected chi connectivity index (χ0v) is 17.2. The van der Waals surface area contributed by atoms with Crippen LogP contribution in [-0.2, 0) is 9.53 Å². The Kier molecular flexibility index (Phi) is 7.14. The zero-order chi connectivity index (χ0) is 20.6. The monoisotopic (exact) mass is 396 g/mol. The van der Waals surface area contributed by atoms with Gasteiger partial charge in [-0.15, -0.1) is 0 Å². The molecule has 1 saturated heterocycles. The predicted octanol–water partition coefficient (Wildman–Crippen LogP) is 3.43. The number of hydrogen-bond acceptors (Lipinski definition) is 5. The maximum Gasteiger partial charge on any atom is 0.244 e. The van der Waals surface area contributed by atoms with Crippen LogP contribution in [0.1, 0.15) is 24.1 Å². The molecule has 1 N–H and O–H groups in total. The predicted molar refractivity (Wildman–Crippen MR) is 115 cm³/mol. The van der Waals surface area contributed by atoms with E-state index < -0.39 is 0 Å². The van der Waals surface area contributed by atoms with Crippen LogP contribution in [0.3, 0.4) is 0 Å². The van der Waals surface area contributed by atoms with E-state index in [9.17, 15) is 4.79 Å². The minimum Gasteiger partial charge on any atom is -0.497 e. The number of nitrogens with one attached hydrogen (secondary N) is 1. The Labute approximate surface area is 172 Å². The Bertz CT molecular complexity index is 842. The lowest BCUT2D eigenvalue weighted by molar-refractivity contribution is -0.117. The Hall–Kier alpha value is -2.99. The van der Waals surface area contributed by atoms with Crippen LogP contribution in [0.25, 0.3) is 6.08 Å². The van der Waals surface area contributed by atoms with Crippen LogP contribution >= 0.6 is 0 Å². The average molecular weight is 396 g/mol. The first kappa shape index (κ1) is 20.7. The summed E-state index contributed by atoms with van der Waals surface area (Å²) in [5.74, 6) is 1.20. The molecule has 0 aromatic heterocycles. The molecule has 2 aromatic carbocycles. The molecule has 0 spiro atoms. The summed E-state index contributed by atoms with van der Waals surface area (Å²) in [4.78, 5) is 14.7. The fourth-order valence-electron chi connectivity index (χ4n) is 3.26. The number of ether oxygens (including phenoxy) is 3. The van der Waals surface area contributed by atoms with Gasteiger partial charge in [0.05, 0.1) is 33.5 Å². The molecule has 2 aromatic rings. The Morgan fingerprint density at radius 1 is 1.10 bits per heavy atom. The molecule has 3 rings (SSSR count). The molecule has 1 amide bonds. The third-order valence-corrected chi connectivity index (χ3v) is 4.98. The first-order valence-corrected chi connectivity index (χ1v) is 9.74. The molecule has 154 valence electrons. The van der Waals surface area contributed by atoms with Gasteiger partial charge in [0.1, 0.15) is 11.5 Å². The second kappa shape index (κ2) is 9.98. The van der Waals surface area contributed by atoms with Gasteiger partial charge in [-0.05, 0) is 42.8 Å². The number of methoxy groups -OCH3 is 2. The van der Waals surface area contributed by atoms with Crippen molar-refractivity contribution >= 4 is 17.7 Å². The van der Waals surface area contributed by atoms with E-state index in [1.165, 1.54) is 11.8 Å². The van der Waals surface area contributed by atoms with Crippen LogP contribution in [0.5, 0.6) is 11.5 Å². The van der Waals surface area contributed by atoms with E-state index in [1.54, 1.807) is 26.4 Å². The molecule has 1 unspecified atom stereocenters. The molecule has 1 atom stereocenters. The number of benzene rings is 2. The third kappa shape index (κ3) is 5.51. The van der Waals surface area contributed by atoms with Crippen molar-refractivity contribution in [3.05, 3.63) is 59.7 Å². The van der Waals surface area contributed by atoms with E-state index in [1.807, 2.05) is 19.1 Å². The summed E-state index contributed by atoms with van der Waals surface area (Å²) in [5, 5.41) is 3.00. The van der Waals surface area contributed by atoms with Gasteiger partial charge in [-0.25, -0.2) is 0 Å². The standard InChI is InChI=1S/C23H28N2O4/c1-17(18-4-8-20(9-5-18)25-12-14-29-15-13-25)24-23(26)11-7-19-6-10-21(27-2)16-22(19)28-3/h4-11,16-17H,12-15H2,1-3H3,(H,24,26)/b11-7+. The molecule has 1 aliphatic rings. The van der Waals surface area contributed by atoms with Crippen molar-refractivity contribution < 1.29 is 19.0 Å². The number of amides is 1. The van der Waals surface area contributed by atoms with Gasteiger partial charge in [0.25, 0.3) is 0 Å². The minimum absolute atomic E-state index is 0.0938. The van der Waals surface area contributed by atoms with Crippen molar-refractivity contribution in [1.82, 2.24) is 5.32 Å². The van der Waals surface area contributed by atoms with Gasteiger partial charge in [0, 0.05) is 36.5 Å². The van der Waals surface area contributed by atoms with Crippen LogP contribution in [0, 0.1) is 0 Å². The average Bonchev–Trinajstić information content (AvgIpc) is 2.78. The van der Waals surface area contributed by atoms with E-state index in [0.29, 0.717) is 11.5 Å². The maximum atomic E-state index is 12.4. The summed E-state index contributed by atoms with van der Waals surface area (Å²) in [6.07, 6.45) is 3.25. The second-order valence-corrected chi connectivity index (χ2v) is 6.86. The Morgan fingerprint density at radius 2 is 1.83 bits per heavy atom. The molecule has 1 heterocycles. The quantitative estimate of drug-likeness (QED) is 0.727. The molecule has 0 bridgehead atoms. The van der Waals surface area contributed by atoms with E-state index in [4.69, 9.17) is 14.2 Å². The minimum atomic E-state index is -0.160. The number of morpholine rings is 1. The van der Waals surface area contributed by atoms with Gasteiger partial charge in [-0.2, -0.15) is 0 Å². The van der Waals surface area contributed by atoms with Crippen molar-refractivity contribution in [3.8, 4) is 11.5 Å². The number of carbonyl (C=O) groups excluding carboxylic acids is 1. The van der Waals surface area contributed by atoms with E-state index >= 15 is 0 Å². The van der Waals surface area contributed by atoms with Gasteiger partial charge in [0.15, 0.2) is 0 Å². The third-order valence-electron chi connectivity index (χ3n) is 4.98. The lowest BCUT2D eigenvalue weighted by atomic mass is 10.1. The lowest BCUT2D eigenvalue weighted by Crippen LogP contribution is -2.36. The summed E-state index contributed by atoms with van der Waals surface area (Å²) in [6.45, 7) is 5.32. The number of rotatable bonds is 7. The fraction of sp³-hybridized carbons (Fsp3) is 0.348. The second-order valence-electron chi connectivity index (χ2n) is 6.86. The number of hydrogen-bond donors (Lipinski definition) is 1. The highest BCUT2D eigenvalue weighted by Gasteiger charge is 2.13. The molecular formula is C23H28N2O4. The number of carbonyl (C=O) groups is 1. The molecule has 29 heavy (non-hydrogen) atoms. The van der Waals surface area contributed by atoms with Crippen LogP contribution in [0.15, 0.2) is 48.5 Å². The van der Waals surface area contributed by atoms with Crippen LogP contribution in [0.2, 0.25) is 0 Å². The molecule has 1 fully saturated rings. The van der Waals surface area contributed by atoms with Gasteiger partial charge < -0.3 is 24.4 Å². The lowest BCUT2D eigenvalue weighted by Gasteiger charge is -2.29. The van der Waals surface area contributed by atoms with Crippen LogP contribution < -0.4 is 19.7 Å². The van der Waals surface area contributed by atoms with Crippen molar-refractivity contribution in [3.63, 3.8) is 0 Å². The van der Waals surface area contributed by atoms with Crippen LogP contribution in [-0.4, -0.2) is 46.4 Å². The van der Waals surface area contributed by atoms with Crippen LogP contribution in [0.4, 0.5) is 5.69 Å². The van der Waals surface area contributed by atoms with E-state index in [0.717, 1.165) is 37.4 Å². The molecule has 6 heteroatoms. The highest BCUT2D eigenvalue weighted by atomic mass is 16.5. The summed E-state index contributed by atoms with van der Waals surface area (Å²) in [6, 6.07) is 13.7. The van der Waals surface area contributed by atoms with Crippen molar-refractivity contribution in [2.45, 2.75) is 13.0 Å². The van der Waals surface area contributed by atoms with Gasteiger partial charge in [-0.1, -0.05) is 12.1 Å². The van der Waals surface area contributed by atoms with Gasteiger partial charge in [0.2, 0.25) is 5.91 Å². The topological polar surface area (TPSA) is 60.0 Å². The number of nitrogens with zero attached hydrogens (tertiary/aromatic N) is 1. The Balaban J connectivity index is 1.59. The normalized spacial score (nSPS) is 15.2. The first-order chi connectivity index (χ1) is 14.1. The maximum absolute atomic E-state index is 12.4. The van der Waals surface area contributed by atoms with Crippen molar-refractivity contribution in [2.75, 3.05) is 45.4 Å². The van der Waals surface area contributed by atoms with Crippen molar-refractivity contribution in [2.24, 2.45) is 0 Å². The highest BCUT2D eigenvalue weighted by molar-refractivity contribution is 5.92. The first-order valence-electron chi connectivity index (χ1n) is 9.74. The fourth-order valence-corrected chi connectivity index (χ4v) is 3.26. The molecular weight excluding hydrogens is 368 g/mol. The molecule has 0 radical (unpaired) electrons. The summed E-state index contributed by atoms with van der Waals surface area (Å²) in [7, 11) is 3.20. The molecule has 0 saturated carbocycles. The van der Waals surface area contributed by atoms with Gasteiger partial charge >= 0.3 is 0 Å². The van der Waals surface area contributed by atoms with Gasteiger partial charge in [-0.3, -0.25) is 4.79 Å². The van der Waals surface area contributed by atoms with Crippen molar-refractivity contribution in [1.29, 1.82) is 0 Å². The number of anilines is 1. The largest absolute Gasteiger partial charge is 0.497 e. The SMILES string of the molecule is COc1ccc(/C=C/C(=O)NC(C)c2ccc(N3CCOCC3)cc2)c(OC)c1. The van der Waals surface area contributed by atoms with E-state index in [2.05, 4.69) is 34.5 Å². The summed E-state index contributed by atoms with van der Waals surface area (Å²) >= 11 is 0. The summed E-state index contributed by atoms with van der Waals surface area (Å²) < 4.78 is 15.9. The highest BCUT2D eigenvalue weighted by Crippen LogP contribution is 2.25. The molecule has 0 aliphatic carbocycles. The smallest absolute Gasteiger partial charge is 0.244 e.